The minimum absolute atomic E-state index is 0.212. The lowest BCUT2D eigenvalue weighted by molar-refractivity contribution is 0.0597. The van der Waals surface area contributed by atoms with E-state index in [2.05, 4.69) is 25.6 Å². The second-order valence-corrected chi connectivity index (χ2v) is 7.61. The van der Waals surface area contributed by atoms with Crippen LogP contribution >= 0.6 is 0 Å². The molecule has 0 unspecified atom stereocenters. The number of ether oxygens (including phenoxy) is 2. The van der Waals surface area contributed by atoms with E-state index in [9.17, 15) is 4.79 Å². The predicted octanol–water partition coefficient (Wildman–Crippen LogP) is 4.29. The Labute approximate surface area is 175 Å². The van der Waals surface area contributed by atoms with Crippen molar-refractivity contribution in [3.63, 3.8) is 0 Å². The maximum Gasteiger partial charge on any atom is 0.341 e. The van der Waals surface area contributed by atoms with Crippen molar-refractivity contribution in [2.24, 2.45) is 0 Å². The van der Waals surface area contributed by atoms with Gasteiger partial charge in [-0.2, -0.15) is 4.98 Å². The zero-order chi connectivity index (χ0) is 21.7. The normalized spacial score (nSPS) is 11.0. The van der Waals surface area contributed by atoms with Crippen LogP contribution in [0.3, 0.4) is 0 Å². The van der Waals surface area contributed by atoms with E-state index in [1.165, 1.54) is 14.2 Å². The van der Waals surface area contributed by atoms with Gasteiger partial charge in [-0.1, -0.05) is 0 Å². The van der Waals surface area contributed by atoms with Crippen LogP contribution in [0.25, 0.3) is 11.3 Å². The summed E-state index contributed by atoms with van der Waals surface area (Å²) in [5.74, 6) is 1.02. The van der Waals surface area contributed by atoms with E-state index in [1.807, 2.05) is 39.0 Å². The summed E-state index contributed by atoms with van der Waals surface area (Å²) in [6.45, 7) is 6.11. The number of anilines is 3. The molecule has 0 aliphatic carbocycles. The van der Waals surface area contributed by atoms with Gasteiger partial charge in [0, 0.05) is 41.3 Å². The first-order valence-corrected chi connectivity index (χ1v) is 9.40. The number of nitrogens with zero attached hydrogens (tertiary/aromatic N) is 3. The summed E-state index contributed by atoms with van der Waals surface area (Å²) in [4.78, 5) is 25.3. The molecule has 8 nitrogen and oxygen atoms in total. The number of pyridine rings is 1. The van der Waals surface area contributed by atoms with Gasteiger partial charge in [-0.25, -0.2) is 9.78 Å². The standard InChI is InChI=1S/C22H25N5O3/c1-22(2,3)27-21-25-17(14-7-6-10-23-13-14)12-19(26-21)24-15-8-9-16(20(28)30-5)18(11-15)29-4/h6-13H,1-5H3,(H2,24,25,26,27). The van der Waals surface area contributed by atoms with Gasteiger partial charge in [-0.05, 0) is 45.0 Å². The van der Waals surface area contributed by atoms with Crippen molar-refractivity contribution in [2.75, 3.05) is 24.9 Å². The van der Waals surface area contributed by atoms with Crippen LogP contribution in [0.5, 0.6) is 5.75 Å². The Balaban J connectivity index is 1.98. The molecule has 2 aromatic heterocycles. The van der Waals surface area contributed by atoms with Crippen molar-refractivity contribution in [1.82, 2.24) is 15.0 Å². The molecule has 30 heavy (non-hydrogen) atoms. The summed E-state index contributed by atoms with van der Waals surface area (Å²) in [5, 5.41) is 6.56. The highest BCUT2D eigenvalue weighted by Gasteiger charge is 2.16. The van der Waals surface area contributed by atoms with Gasteiger partial charge in [0.15, 0.2) is 0 Å². The lowest BCUT2D eigenvalue weighted by atomic mass is 10.1. The smallest absolute Gasteiger partial charge is 0.341 e. The number of methoxy groups -OCH3 is 2. The Bertz CT molecular complexity index is 1030. The Kier molecular flexibility index (Phi) is 6.15. The van der Waals surface area contributed by atoms with Crippen LogP contribution in [-0.4, -0.2) is 40.7 Å². The fourth-order valence-corrected chi connectivity index (χ4v) is 2.76. The van der Waals surface area contributed by atoms with Crippen molar-refractivity contribution >= 4 is 23.4 Å². The van der Waals surface area contributed by atoms with E-state index in [0.29, 0.717) is 28.8 Å². The van der Waals surface area contributed by atoms with E-state index >= 15 is 0 Å². The van der Waals surface area contributed by atoms with Crippen molar-refractivity contribution in [2.45, 2.75) is 26.3 Å². The summed E-state index contributed by atoms with van der Waals surface area (Å²) < 4.78 is 10.1. The van der Waals surface area contributed by atoms with Gasteiger partial charge < -0.3 is 20.1 Å². The third-order valence-electron chi connectivity index (χ3n) is 4.05. The molecule has 0 bridgehead atoms. The Hall–Kier alpha value is -3.68. The van der Waals surface area contributed by atoms with E-state index < -0.39 is 5.97 Å². The summed E-state index contributed by atoms with van der Waals surface area (Å²) in [6.07, 6.45) is 3.47. The van der Waals surface area contributed by atoms with Gasteiger partial charge in [-0.15, -0.1) is 0 Å². The van der Waals surface area contributed by atoms with Crippen LogP contribution in [0.4, 0.5) is 17.5 Å². The number of carbonyl (C=O) groups excluding carboxylic acids is 1. The number of hydrogen-bond donors (Lipinski definition) is 2. The Morgan fingerprint density at radius 2 is 1.87 bits per heavy atom. The Morgan fingerprint density at radius 1 is 1.07 bits per heavy atom. The molecule has 2 N–H and O–H groups in total. The van der Waals surface area contributed by atoms with Crippen LogP contribution < -0.4 is 15.4 Å². The lowest BCUT2D eigenvalue weighted by Gasteiger charge is -2.21. The number of carbonyl (C=O) groups is 1. The average Bonchev–Trinajstić information content (AvgIpc) is 2.72. The van der Waals surface area contributed by atoms with Gasteiger partial charge in [0.05, 0.1) is 19.9 Å². The molecule has 3 rings (SSSR count). The van der Waals surface area contributed by atoms with Crippen LogP contribution in [0.1, 0.15) is 31.1 Å². The zero-order valence-corrected chi connectivity index (χ0v) is 17.7. The monoisotopic (exact) mass is 407 g/mol. The molecule has 0 fully saturated rings. The van der Waals surface area contributed by atoms with Crippen LogP contribution in [0, 0.1) is 0 Å². The van der Waals surface area contributed by atoms with Crippen molar-refractivity contribution < 1.29 is 14.3 Å². The van der Waals surface area contributed by atoms with Gasteiger partial charge >= 0.3 is 5.97 Å². The zero-order valence-electron chi connectivity index (χ0n) is 17.7. The molecule has 0 radical (unpaired) electrons. The summed E-state index contributed by atoms with van der Waals surface area (Å²) in [6, 6.07) is 10.8. The number of aromatic nitrogens is 3. The van der Waals surface area contributed by atoms with Crippen LogP contribution in [0.2, 0.25) is 0 Å². The molecule has 0 aliphatic rings. The third-order valence-corrected chi connectivity index (χ3v) is 4.05. The summed E-state index contributed by atoms with van der Waals surface area (Å²) in [7, 11) is 2.83. The summed E-state index contributed by atoms with van der Waals surface area (Å²) >= 11 is 0. The molecule has 1 aromatic carbocycles. The molecule has 2 heterocycles. The molecular formula is C22H25N5O3. The van der Waals surface area contributed by atoms with Gasteiger partial charge in [0.1, 0.15) is 17.1 Å². The molecule has 0 spiro atoms. The maximum absolute atomic E-state index is 11.9. The van der Waals surface area contributed by atoms with Gasteiger partial charge in [0.2, 0.25) is 5.95 Å². The first-order valence-electron chi connectivity index (χ1n) is 9.40. The van der Waals surface area contributed by atoms with Crippen LogP contribution in [-0.2, 0) is 4.74 Å². The largest absolute Gasteiger partial charge is 0.496 e. The average molecular weight is 407 g/mol. The fourth-order valence-electron chi connectivity index (χ4n) is 2.76. The SMILES string of the molecule is COC(=O)c1ccc(Nc2cc(-c3cccnc3)nc(NC(C)(C)C)n2)cc1OC. The molecule has 156 valence electrons. The number of nitrogens with one attached hydrogen (secondary N) is 2. The second-order valence-electron chi connectivity index (χ2n) is 7.61. The highest BCUT2D eigenvalue weighted by Crippen LogP contribution is 2.28. The highest BCUT2D eigenvalue weighted by atomic mass is 16.5. The van der Waals surface area contributed by atoms with E-state index in [-0.39, 0.29) is 5.54 Å². The first-order chi connectivity index (χ1) is 14.3. The first kappa shape index (κ1) is 21.0. The molecule has 0 aliphatic heterocycles. The Morgan fingerprint density at radius 3 is 2.50 bits per heavy atom. The molecule has 0 saturated heterocycles. The lowest BCUT2D eigenvalue weighted by Crippen LogP contribution is -2.27. The number of rotatable bonds is 6. The minimum atomic E-state index is -0.462. The molecule has 0 saturated carbocycles. The van der Waals surface area contributed by atoms with Crippen molar-refractivity contribution in [1.29, 1.82) is 0 Å². The third kappa shape index (κ3) is 5.22. The van der Waals surface area contributed by atoms with E-state index in [0.717, 1.165) is 11.3 Å². The molecule has 0 atom stereocenters. The second kappa shape index (κ2) is 8.77. The number of benzene rings is 1. The minimum Gasteiger partial charge on any atom is -0.496 e. The number of hydrogen-bond acceptors (Lipinski definition) is 8. The van der Waals surface area contributed by atoms with Crippen molar-refractivity contribution in [3.05, 3.63) is 54.4 Å². The van der Waals surface area contributed by atoms with Crippen molar-refractivity contribution in [3.8, 4) is 17.0 Å². The molecular weight excluding hydrogens is 382 g/mol. The number of esters is 1. The maximum atomic E-state index is 11.9. The summed E-state index contributed by atoms with van der Waals surface area (Å²) in [5.41, 5.74) is 2.44. The molecule has 0 amide bonds. The van der Waals surface area contributed by atoms with Gasteiger partial charge in [-0.3, -0.25) is 4.98 Å². The van der Waals surface area contributed by atoms with E-state index in [1.54, 1.807) is 30.6 Å². The predicted molar refractivity (Wildman–Crippen MR) is 116 cm³/mol. The van der Waals surface area contributed by atoms with Gasteiger partial charge in [0.25, 0.3) is 0 Å². The molecule has 8 heteroatoms. The quantitative estimate of drug-likeness (QED) is 0.584. The fraction of sp³-hybridized carbons (Fsp3) is 0.273. The molecule has 3 aromatic rings. The highest BCUT2D eigenvalue weighted by molar-refractivity contribution is 5.93. The van der Waals surface area contributed by atoms with Crippen LogP contribution in [0.15, 0.2) is 48.8 Å². The van der Waals surface area contributed by atoms with E-state index in [4.69, 9.17) is 9.47 Å². The topological polar surface area (TPSA) is 98.3 Å².